The Morgan fingerprint density at radius 1 is 1.14 bits per heavy atom. The molecule has 2 atom stereocenters. The van der Waals surface area contributed by atoms with Gasteiger partial charge in [-0.25, -0.2) is 9.79 Å². The number of aliphatic imine (C=N–C) groups is 1. The molecule has 1 amide bonds. The van der Waals surface area contributed by atoms with Crippen LogP contribution in [0, 0.1) is 0 Å². The minimum atomic E-state index is -0.472. The van der Waals surface area contributed by atoms with E-state index in [1.807, 2.05) is 71.0 Å². The zero-order valence-corrected chi connectivity index (χ0v) is 21.0. The van der Waals surface area contributed by atoms with Crippen molar-refractivity contribution in [1.82, 2.24) is 10.2 Å². The Balaban J connectivity index is 1.51. The van der Waals surface area contributed by atoms with Crippen molar-refractivity contribution in [1.29, 1.82) is 0 Å². The summed E-state index contributed by atoms with van der Waals surface area (Å²) in [4.78, 5) is 33.3. The Morgan fingerprint density at radius 3 is 2.58 bits per heavy atom. The van der Waals surface area contributed by atoms with Crippen LogP contribution in [0.1, 0.15) is 43.4 Å². The van der Waals surface area contributed by atoms with Crippen molar-refractivity contribution >= 4 is 34.5 Å². The van der Waals surface area contributed by atoms with Crippen LogP contribution in [0.4, 0.5) is 0 Å². The second-order valence-corrected chi connectivity index (χ2v) is 9.61. The second kappa shape index (κ2) is 11.1. The predicted molar refractivity (Wildman–Crippen MR) is 141 cm³/mol. The Bertz CT molecular complexity index is 1200. The van der Waals surface area contributed by atoms with E-state index >= 15 is 0 Å². The van der Waals surface area contributed by atoms with Gasteiger partial charge in [-0.3, -0.25) is 4.79 Å². The maximum Gasteiger partial charge on any atom is 0.338 e. The lowest BCUT2D eigenvalue weighted by Crippen LogP contribution is -2.38. The van der Waals surface area contributed by atoms with Gasteiger partial charge < -0.3 is 19.7 Å². The number of rotatable bonds is 8. The van der Waals surface area contributed by atoms with Gasteiger partial charge in [0.1, 0.15) is 0 Å². The molecule has 0 bridgehead atoms. The summed E-state index contributed by atoms with van der Waals surface area (Å²) in [5.41, 5.74) is 3.63. The molecule has 0 spiro atoms. The summed E-state index contributed by atoms with van der Waals surface area (Å²) in [7, 11) is 0. The quantitative estimate of drug-likeness (QED) is 0.529. The number of nitrogens with zero attached hydrogens (tertiary/aromatic N) is 2. The number of fused-ring (bicyclic) bond motifs is 1. The summed E-state index contributed by atoms with van der Waals surface area (Å²) < 4.78 is 11.2. The van der Waals surface area contributed by atoms with E-state index in [2.05, 4.69) is 5.32 Å². The summed E-state index contributed by atoms with van der Waals surface area (Å²) >= 11 is 1.47. The third-order valence-electron chi connectivity index (χ3n) is 6.36. The topological polar surface area (TPSA) is 80.2 Å². The number of carbonyl (C=O) groups is 2. The number of carbonyl (C=O) groups excluding carboxylic acids is 2. The first-order valence-corrected chi connectivity index (χ1v) is 13.2. The molecule has 3 aliphatic rings. The molecule has 7 nitrogen and oxygen atoms in total. The molecule has 8 heteroatoms. The van der Waals surface area contributed by atoms with Crippen LogP contribution in [-0.2, 0) is 19.1 Å². The van der Waals surface area contributed by atoms with Crippen LogP contribution in [0.25, 0.3) is 5.70 Å². The normalized spacial score (nSPS) is 21.1. The molecule has 36 heavy (non-hydrogen) atoms. The van der Waals surface area contributed by atoms with Gasteiger partial charge >= 0.3 is 5.97 Å². The molecular formula is C28H29N3O4S. The van der Waals surface area contributed by atoms with E-state index in [0.29, 0.717) is 17.8 Å². The van der Waals surface area contributed by atoms with Crippen molar-refractivity contribution in [2.45, 2.75) is 38.3 Å². The molecule has 1 saturated heterocycles. The zero-order chi connectivity index (χ0) is 24.9. The number of hydrogen-bond donors (Lipinski definition) is 1. The van der Waals surface area contributed by atoms with Crippen LogP contribution in [0.3, 0.4) is 0 Å². The van der Waals surface area contributed by atoms with Crippen LogP contribution in [0.5, 0.6) is 0 Å². The average molecular weight is 504 g/mol. The highest BCUT2D eigenvalue weighted by molar-refractivity contribution is 8.16. The van der Waals surface area contributed by atoms with E-state index in [0.717, 1.165) is 41.4 Å². The highest BCUT2D eigenvalue weighted by Crippen LogP contribution is 2.46. The number of ether oxygens (including phenoxy) is 2. The summed E-state index contributed by atoms with van der Waals surface area (Å²) in [6.45, 7) is 3.31. The largest absolute Gasteiger partial charge is 0.463 e. The molecule has 0 radical (unpaired) electrons. The van der Waals surface area contributed by atoms with E-state index < -0.39 is 12.0 Å². The van der Waals surface area contributed by atoms with E-state index in [4.69, 9.17) is 14.5 Å². The Morgan fingerprint density at radius 2 is 1.89 bits per heavy atom. The lowest BCUT2D eigenvalue weighted by molar-refractivity contribution is -0.139. The van der Waals surface area contributed by atoms with Crippen LogP contribution in [0.15, 0.2) is 82.3 Å². The molecule has 186 valence electrons. The maximum absolute atomic E-state index is 13.4. The van der Waals surface area contributed by atoms with Gasteiger partial charge in [0.05, 0.1) is 36.4 Å². The molecule has 0 saturated carbocycles. The standard InChI is InChI=1S/C28H29N3O4S/c1-2-34-27(33)24-25(19-10-5-3-6-11-19)30-28-31(26(24)20-12-7-4-8-13-20)21(18-36-28)16-23(32)29-17-22-14-9-15-35-22/h3-8,10-13,18,22,26H,2,9,14-17H2,1H3,(H,29,32)/t22-,26+/m0/s1. The van der Waals surface area contributed by atoms with Gasteiger partial charge in [0, 0.05) is 24.4 Å². The first-order chi connectivity index (χ1) is 17.7. The van der Waals surface area contributed by atoms with Gasteiger partial charge in [-0.2, -0.15) is 0 Å². The molecule has 0 aromatic heterocycles. The fourth-order valence-electron chi connectivity index (χ4n) is 4.70. The van der Waals surface area contributed by atoms with Crippen LogP contribution in [0.2, 0.25) is 0 Å². The van der Waals surface area contributed by atoms with Crippen LogP contribution in [-0.4, -0.2) is 47.8 Å². The SMILES string of the molecule is CCOC(=O)C1=C(c2ccccc2)N=C2SC=C(CC(=O)NC[C@@H]3CCCO3)N2[C@@H]1c1ccccc1. The summed E-state index contributed by atoms with van der Waals surface area (Å²) in [6, 6.07) is 19.1. The van der Waals surface area contributed by atoms with Gasteiger partial charge in [0.2, 0.25) is 5.91 Å². The van der Waals surface area contributed by atoms with Crippen molar-refractivity contribution in [3.05, 3.63) is 88.5 Å². The summed E-state index contributed by atoms with van der Waals surface area (Å²) in [5, 5.41) is 5.70. The van der Waals surface area contributed by atoms with Crippen LogP contribution < -0.4 is 5.32 Å². The van der Waals surface area contributed by atoms with Gasteiger partial charge in [-0.15, -0.1) is 0 Å². The number of amidine groups is 1. The van der Waals surface area contributed by atoms with Crippen molar-refractivity contribution in [3.63, 3.8) is 0 Å². The van der Waals surface area contributed by atoms with E-state index in [1.165, 1.54) is 11.8 Å². The fourth-order valence-corrected chi connectivity index (χ4v) is 5.62. The van der Waals surface area contributed by atoms with Crippen molar-refractivity contribution in [3.8, 4) is 0 Å². The minimum absolute atomic E-state index is 0.0804. The van der Waals surface area contributed by atoms with E-state index in [1.54, 1.807) is 6.92 Å². The summed E-state index contributed by atoms with van der Waals surface area (Å²) in [5.74, 6) is -0.493. The molecule has 2 aromatic carbocycles. The van der Waals surface area contributed by atoms with E-state index in [9.17, 15) is 9.59 Å². The highest BCUT2D eigenvalue weighted by Gasteiger charge is 2.42. The average Bonchev–Trinajstić information content (AvgIpc) is 3.58. The molecule has 3 aliphatic heterocycles. The van der Waals surface area contributed by atoms with Crippen molar-refractivity contribution in [2.24, 2.45) is 4.99 Å². The predicted octanol–water partition coefficient (Wildman–Crippen LogP) is 4.65. The number of nitrogens with one attached hydrogen (secondary N) is 1. The smallest absolute Gasteiger partial charge is 0.338 e. The Labute approximate surface area is 215 Å². The monoisotopic (exact) mass is 503 g/mol. The van der Waals surface area contributed by atoms with Gasteiger partial charge in [-0.05, 0) is 30.7 Å². The number of esters is 1. The third kappa shape index (κ3) is 5.10. The first kappa shape index (κ1) is 24.3. The molecule has 3 heterocycles. The molecular weight excluding hydrogens is 474 g/mol. The third-order valence-corrected chi connectivity index (χ3v) is 7.25. The van der Waals surface area contributed by atoms with Crippen molar-refractivity contribution in [2.75, 3.05) is 19.8 Å². The summed E-state index contributed by atoms with van der Waals surface area (Å²) in [6.07, 6.45) is 2.26. The molecule has 0 aliphatic carbocycles. The van der Waals surface area contributed by atoms with Gasteiger partial charge in [0.15, 0.2) is 5.17 Å². The highest BCUT2D eigenvalue weighted by atomic mass is 32.2. The molecule has 0 unspecified atom stereocenters. The first-order valence-electron chi connectivity index (χ1n) is 12.3. The van der Waals surface area contributed by atoms with Gasteiger partial charge in [-0.1, -0.05) is 72.4 Å². The number of hydrogen-bond acceptors (Lipinski definition) is 7. The molecule has 2 aromatic rings. The lowest BCUT2D eigenvalue weighted by Gasteiger charge is -2.36. The fraction of sp³-hybridized carbons (Fsp3) is 0.321. The Kier molecular flexibility index (Phi) is 7.53. The number of benzene rings is 2. The maximum atomic E-state index is 13.4. The Hall–Kier alpha value is -3.36. The zero-order valence-electron chi connectivity index (χ0n) is 20.2. The van der Waals surface area contributed by atoms with Gasteiger partial charge in [0.25, 0.3) is 0 Å². The molecule has 1 fully saturated rings. The lowest BCUT2D eigenvalue weighted by atomic mass is 9.91. The number of thioether (sulfide) groups is 1. The van der Waals surface area contributed by atoms with Crippen molar-refractivity contribution < 1.29 is 19.1 Å². The van der Waals surface area contributed by atoms with E-state index in [-0.39, 0.29) is 25.0 Å². The molecule has 1 N–H and O–H groups in total. The molecule has 5 rings (SSSR count). The second-order valence-electron chi connectivity index (χ2n) is 8.77. The van der Waals surface area contributed by atoms with Crippen LogP contribution >= 0.6 is 11.8 Å². The minimum Gasteiger partial charge on any atom is -0.463 e. The number of amides is 1.